The zero-order valence-electron chi connectivity index (χ0n) is 15.0. The van der Waals surface area contributed by atoms with Crippen LogP contribution in [0.1, 0.15) is 11.1 Å². The first-order valence-electron chi connectivity index (χ1n) is 8.48. The normalized spacial score (nSPS) is 11.8. The van der Waals surface area contributed by atoms with Gasteiger partial charge in [0.05, 0.1) is 16.2 Å². The highest BCUT2D eigenvalue weighted by Gasteiger charge is 2.23. The van der Waals surface area contributed by atoms with Gasteiger partial charge >= 0.3 is 12.1 Å². The molecule has 146 valence electrons. The van der Waals surface area contributed by atoms with Crippen molar-refractivity contribution in [1.82, 2.24) is 10.3 Å². The molecule has 1 aromatic heterocycles. The predicted octanol–water partition coefficient (Wildman–Crippen LogP) is 4.70. The maximum Gasteiger partial charge on any atom is 0.408 e. The van der Waals surface area contributed by atoms with Crippen LogP contribution in [-0.4, -0.2) is 30.2 Å². The summed E-state index contributed by atoms with van der Waals surface area (Å²) in [4.78, 5) is 27.5. The van der Waals surface area contributed by atoms with Gasteiger partial charge in [-0.3, -0.25) is 0 Å². The van der Waals surface area contributed by atoms with Crippen molar-refractivity contribution in [2.24, 2.45) is 0 Å². The molecule has 0 saturated heterocycles. The fraction of sp³-hybridized carbons (Fsp3) is 0.200. The van der Waals surface area contributed by atoms with Crippen molar-refractivity contribution in [3.8, 4) is 0 Å². The third kappa shape index (κ3) is 4.94. The number of alkyl carbamates (subject to hydrolysis) is 1. The Morgan fingerprint density at radius 2 is 1.86 bits per heavy atom. The quantitative estimate of drug-likeness (QED) is 0.472. The van der Waals surface area contributed by atoms with Crippen molar-refractivity contribution in [3.05, 3.63) is 68.7 Å². The third-order valence-electron chi connectivity index (χ3n) is 4.19. The number of amides is 1. The van der Waals surface area contributed by atoms with Gasteiger partial charge < -0.3 is 19.8 Å². The number of methoxy groups -OCH3 is 1. The Labute approximate surface area is 178 Å². The number of aromatic amines is 1. The van der Waals surface area contributed by atoms with Crippen LogP contribution in [0.4, 0.5) is 4.79 Å². The van der Waals surface area contributed by atoms with E-state index in [1.807, 2.05) is 48.5 Å². The topological polar surface area (TPSA) is 80.4 Å². The number of benzene rings is 2. The van der Waals surface area contributed by atoms with Crippen LogP contribution in [0.15, 0.2) is 57.6 Å². The van der Waals surface area contributed by atoms with Crippen LogP contribution in [0, 0.1) is 0 Å². The minimum Gasteiger partial charge on any atom is -0.467 e. The van der Waals surface area contributed by atoms with E-state index in [4.69, 9.17) is 9.47 Å². The van der Waals surface area contributed by atoms with E-state index in [0.717, 1.165) is 31.1 Å². The first-order chi connectivity index (χ1) is 13.5. The summed E-state index contributed by atoms with van der Waals surface area (Å²) in [6.07, 6.45) is -0.399. The molecule has 0 fully saturated rings. The van der Waals surface area contributed by atoms with Gasteiger partial charge in [-0.05, 0) is 55.1 Å². The molecule has 1 amide bonds. The molecule has 2 aromatic carbocycles. The van der Waals surface area contributed by atoms with Gasteiger partial charge in [-0.15, -0.1) is 0 Å². The predicted molar refractivity (Wildman–Crippen MR) is 113 cm³/mol. The molecule has 0 unspecified atom stereocenters. The van der Waals surface area contributed by atoms with Crippen molar-refractivity contribution in [1.29, 1.82) is 0 Å². The zero-order chi connectivity index (χ0) is 20.1. The molecule has 0 bridgehead atoms. The van der Waals surface area contributed by atoms with Crippen LogP contribution in [0.25, 0.3) is 10.9 Å². The van der Waals surface area contributed by atoms with E-state index in [1.165, 1.54) is 7.11 Å². The van der Waals surface area contributed by atoms with Gasteiger partial charge in [-0.1, -0.05) is 36.4 Å². The van der Waals surface area contributed by atoms with Crippen LogP contribution in [0.2, 0.25) is 0 Å². The Kier molecular flexibility index (Phi) is 6.74. The van der Waals surface area contributed by atoms with Crippen molar-refractivity contribution in [2.75, 3.05) is 7.11 Å². The van der Waals surface area contributed by atoms with Crippen LogP contribution in [0.3, 0.4) is 0 Å². The monoisotopic (exact) mass is 508 g/mol. The van der Waals surface area contributed by atoms with Crippen molar-refractivity contribution in [3.63, 3.8) is 0 Å². The molecular formula is C20H18Br2N2O4. The molecule has 0 aliphatic rings. The van der Waals surface area contributed by atoms with Crippen molar-refractivity contribution >= 4 is 54.8 Å². The molecule has 0 spiro atoms. The molecule has 0 aliphatic heterocycles. The van der Waals surface area contributed by atoms with Gasteiger partial charge in [0, 0.05) is 17.3 Å². The second-order valence-corrected chi connectivity index (χ2v) is 7.70. The number of aromatic nitrogens is 1. The van der Waals surface area contributed by atoms with Crippen molar-refractivity contribution < 1.29 is 19.1 Å². The lowest BCUT2D eigenvalue weighted by atomic mass is 10.0. The van der Waals surface area contributed by atoms with Crippen LogP contribution < -0.4 is 5.32 Å². The van der Waals surface area contributed by atoms with Gasteiger partial charge in [-0.25, -0.2) is 9.59 Å². The summed E-state index contributed by atoms with van der Waals surface area (Å²) >= 11 is 6.95. The largest absolute Gasteiger partial charge is 0.467 e. The van der Waals surface area contributed by atoms with Crippen LogP contribution in [0.5, 0.6) is 0 Å². The van der Waals surface area contributed by atoms with Gasteiger partial charge in [0.15, 0.2) is 0 Å². The molecule has 2 N–H and O–H groups in total. The van der Waals surface area contributed by atoms with E-state index < -0.39 is 18.1 Å². The highest BCUT2D eigenvalue weighted by atomic mass is 79.9. The highest BCUT2D eigenvalue weighted by Crippen LogP contribution is 2.32. The molecule has 1 atom stereocenters. The Bertz CT molecular complexity index is 989. The molecule has 1 heterocycles. The Morgan fingerprint density at radius 3 is 2.57 bits per heavy atom. The van der Waals surface area contributed by atoms with Gasteiger partial charge in [-0.2, -0.15) is 0 Å². The fourth-order valence-corrected chi connectivity index (χ4v) is 3.63. The lowest BCUT2D eigenvalue weighted by molar-refractivity contribution is -0.143. The highest BCUT2D eigenvalue weighted by molar-refractivity contribution is 9.13. The summed E-state index contributed by atoms with van der Waals surface area (Å²) in [5.74, 6) is -0.536. The zero-order valence-corrected chi connectivity index (χ0v) is 18.2. The number of carbonyl (C=O) groups excluding carboxylic acids is 2. The molecule has 0 radical (unpaired) electrons. The Morgan fingerprint density at radius 1 is 1.11 bits per heavy atom. The van der Waals surface area contributed by atoms with Crippen LogP contribution in [-0.2, 0) is 27.3 Å². The first kappa shape index (κ1) is 20.4. The first-order valence-corrected chi connectivity index (χ1v) is 10.1. The molecule has 3 aromatic rings. The van der Waals surface area contributed by atoms with Crippen LogP contribution >= 0.6 is 31.9 Å². The lowest BCUT2D eigenvalue weighted by Crippen LogP contribution is -2.43. The summed E-state index contributed by atoms with van der Waals surface area (Å²) in [6, 6.07) is 14.2. The summed E-state index contributed by atoms with van der Waals surface area (Å²) in [5, 5.41) is 3.56. The average Bonchev–Trinajstić information content (AvgIpc) is 2.99. The lowest BCUT2D eigenvalue weighted by Gasteiger charge is -2.16. The van der Waals surface area contributed by atoms with E-state index in [1.54, 1.807) is 0 Å². The number of rotatable bonds is 6. The summed E-state index contributed by atoms with van der Waals surface area (Å²) < 4.78 is 11.8. The second-order valence-electron chi connectivity index (χ2n) is 6.12. The fourth-order valence-electron chi connectivity index (χ4n) is 2.78. The second kappa shape index (κ2) is 9.25. The van der Waals surface area contributed by atoms with Gasteiger partial charge in [0.1, 0.15) is 12.6 Å². The summed E-state index contributed by atoms with van der Waals surface area (Å²) in [7, 11) is 1.29. The SMILES string of the molecule is COC(=O)[C@@H](Cc1ccc2[nH]c(Br)c(Br)c2c1)NC(=O)OCc1ccccc1. The van der Waals surface area contributed by atoms with E-state index in [-0.39, 0.29) is 13.0 Å². The van der Waals surface area contributed by atoms with E-state index >= 15 is 0 Å². The molecule has 8 heteroatoms. The number of halogens is 2. The molecule has 28 heavy (non-hydrogen) atoms. The van der Waals surface area contributed by atoms with E-state index in [9.17, 15) is 9.59 Å². The number of hydrogen-bond acceptors (Lipinski definition) is 4. The minimum absolute atomic E-state index is 0.122. The summed E-state index contributed by atoms with van der Waals surface area (Å²) in [5.41, 5.74) is 2.69. The Hall–Kier alpha value is -2.32. The number of esters is 1. The third-order valence-corrected chi connectivity index (χ3v) is 6.14. The number of carbonyl (C=O) groups is 2. The number of H-pyrrole nitrogens is 1. The van der Waals surface area contributed by atoms with E-state index in [0.29, 0.717) is 0 Å². The number of nitrogens with one attached hydrogen (secondary N) is 2. The summed E-state index contributed by atoms with van der Waals surface area (Å²) in [6.45, 7) is 0.122. The number of ether oxygens (including phenoxy) is 2. The maximum absolute atomic E-state index is 12.1. The molecule has 0 saturated carbocycles. The molecular weight excluding hydrogens is 492 g/mol. The smallest absolute Gasteiger partial charge is 0.408 e. The molecule has 6 nitrogen and oxygen atoms in total. The van der Waals surface area contributed by atoms with Gasteiger partial charge in [0.25, 0.3) is 0 Å². The van der Waals surface area contributed by atoms with Gasteiger partial charge in [0.2, 0.25) is 0 Å². The average molecular weight is 510 g/mol. The van der Waals surface area contributed by atoms with E-state index in [2.05, 4.69) is 42.2 Å². The Balaban J connectivity index is 1.69. The minimum atomic E-state index is -0.855. The molecule has 3 rings (SSSR count). The number of fused-ring (bicyclic) bond motifs is 1. The number of hydrogen-bond donors (Lipinski definition) is 2. The maximum atomic E-state index is 12.1. The van der Waals surface area contributed by atoms with Crippen molar-refractivity contribution in [2.45, 2.75) is 19.1 Å². The molecule has 0 aliphatic carbocycles. The standard InChI is InChI=1S/C20H18Br2N2O4/c1-27-19(25)16(24-20(26)28-11-12-5-3-2-4-6-12)10-13-7-8-15-14(9-13)17(21)18(22)23-15/h2-9,16,23H,10-11H2,1H3,(H,24,26)/t16-/m1/s1.